The lowest BCUT2D eigenvalue weighted by Gasteiger charge is -2.36. The minimum Gasteiger partial charge on any atom is -0.465 e. The Morgan fingerprint density at radius 3 is 2.50 bits per heavy atom. The smallest absolute Gasteiger partial charge is 0.408 e. The number of hydrogen-bond donors (Lipinski definition) is 2. The summed E-state index contributed by atoms with van der Waals surface area (Å²) in [6, 6.07) is 8.56. The molecule has 0 aliphatic carbocycles. The zero-order valence-electron chi connectivity index (χ0n) is 11.8. The summed E-state index contributed by atoms with van der Waals surface area (Å²) in [6.07, 6.45) is -0.461. The van der Waals surface area contributed by atoms with Gasteiger partial charge < -0.3 is 14.9 Å². The molecule has 0 saturated heterocycles. The summed E-state index contributed by atoms with van der Waals surface area (Å²) in [5, 5.41) is 10.4. The van der Waals surface area contributed by atoms with Gasteiger partial charge in [0.25, 0.3) is 0 Å². The molecule has 1 aromatic heterocycles. The van der Waals surface area contributed by atoms with Crippen LogP contribution in [0.4, 0.5) is 4.79 Å². The number of aldehydes is 1. The first-order valence-electron chi connectivity index (χ1n) is 6.40. The quantitative estimate of drug-likeness (QED) is 0.844. The number of para-hydroxylation sites is 1. The molecule has 5 nitrogen and oxygen atoms in total. The summed E-state index contributed by atoms with van der Waals surface area (Å²) in [7, 11) is 0. The van der Waals surface area contributed by atoms with Crippen molar-refractivity contribution in [3.8, 4) is 0 Å². The van der Waals surface area contributed by atoms with Crippen molar-refractivity contribution in [3.63, 3.8) is 0 Å². The van der Waals surface area contributed by atoms with E-state index in [1.54, 1.807) is 20.8 Å². The lowest BCUT2D eigenvalue weighted by atomic mass is 10.0. The molecular weight excluding hydrogens is 256 g/mol. The van der Waals surface area contributed by atoms with Crippen LogP contribution in [0.25, 0.3) is 10.9 Å². The monoisotopic (exact) mass is 274 g/mol. The zero-order chi connectivity index (χ0) is 14.9. The molecule has 1 atom stereocenters. The second kappa shape index (κ2) is 5.00. The number of carbonyl (C=O) groups excluding carboxylic acids is 1. The van der Waals surface area contributed by atoms with E-state index in [0.29, 0.717) is 12.0 Å². The van der Waals surface area contributed by atoms with Crippen molar-refractivity contribution in [1.82, 2.24) is 9.88 Å². The highest BCUT2D eigenvalue weighted by Gasteiger charge is 2.34. The van der Waals surface area contributed by atoms with Gasteiger partial charge in [0.2, 0.25) is 0 Å². The summed E-state index contributed by atoms with van der Waals surface area (Å²) in [5.74, 6) is 0. The van der Waals surface area contributed by atoms with Crippen molar-refractivity contribution < 1.29 is 14.7 Å². The third kappa shape index (κ3) is 2.52. The van der Waals surface area contributed by atoms with E-state index in [4.69, 9.17) is 0 Å². The molecular formula is C15H18N2O3. The highest BCUT2D eigenvalue weighted by molar-refractivity contribution is 5.82. The van der Waals surface area contributed by atoms with Gasteiger partial charge in [-0.15, -0.1) is 0 Å². The van der Waals surface area contributed by atoms with Crippen molar-refractivity contribution in [2.75, 3.05) is 0 Å². The number of aromatic nitrogens is 1. The van der Waals surface area contributed by atoms with Crippen molar-refractivity contribution >= 4 is 23.3 Å². The van der Waals surface area contributed by atoms with E-state index in [-0.39, 0.29) is 0 Å². The molecule has 0 spiro atoms. The molecule has 106 valence electrons. The number of carbonyl (C=O) groups is 2. The van der Waals surface area contributed by atoms with E-state index in [2.05, 4.69) is 4.98 Å². The number of nitrogens with zero attached hydrogens (tertiary/aromatic N) is 1. The maximum atomic E-state index is 11.5. The molecule has 20 heavy (non-hydrogen) atoms. The number of rotatable bonds is 3. The summed E-state index contributed by atoms with van der Waals surface area (Å²) in [4.78, 5) is 27.2. The second-order valence-corrected chi connectivity index (χ2v) is 5.72. The van der Waals surface area contributed by atoms with Gasteiger partial charge in [-0.2, -0.15) is 0 Å². The number of aromatic amines is 1. The summed E-state index contributed by atoms with van der Waals surface area (Å²) in [5.41, 5.74) is 0.793. The topological polar surface area (TPSA) is 73.4 Å². The van der Waals surface area contributed by atoms with Crippen LogP contribution in [-0.2, 0) is 4.79 Å². The summed E-state index contributed by atoms with van der Waals surface area (Å²) < 4.78 is 0. The lowest BCUT2D eigenvalue weighted by Crippen LogP contribution is -2.47. The number of amides is 1. The normalized spacial score (nSPS) is 13.2. The van der Waals surface area contributed by atoms with Crippen molar-refractivity contribution in [3.05, 3.63) is 36.0 Å². The summed E-state index contributed by atoms with van der Waals surface area (Å²) in [6.45, 7) is 5.29. The Labute approximate surface area is 117 Å². The van der Waals surface area contributed by atoms with Gasteiger partial charge >= 0.3 is 6.09 Å². The molecule has 5 heteroatoms. The summed E-state index contributed by atoms with van der Waals surface area (Å²) >= 11 is 0. The van der Waals surface area contributed by atoms with Gasteiger partial charge in [-0.05, 0) is 38.3 Å². The molecule has 0 radical (unpaired) electrons. The number of carboxylic acid groups (broad SMARTS) is 1. The number of benzene rings is 1. The van der Waals surface area contributed by atoms with Crippen LogP contribution in [0.1, 0.15) is 32.5 Å². The number of fused-ring (bicyclic) bond motifs is 1. The lowest BCUT2D eigenvalue weighted by molar-refractivity contribution is -0.113. The van der Waals surface area contributed by atoms with Crippen LogP contribution in [-0.4, -0.2) is 32.9 Å². The van der Waals surface area contributed by atoms with Crippen molar-refractivity contribution in [2.45, 2.75) is 32.4 Å². The van der Waals surface area contributed by atoms with Crippen LogP contribution in [0.3, 0.4) is 0 Å². The van der Waals surface area contributed by atoms with Gasteiger partial charge in [-0.25, -0.2) is 4.79 Å². The van der Waals surface area contributed by atoms with E-state index in [1.807, 2.05) is 30.3 Å². The van der Waals surface area contributed by atoms with Crippen LogP contribution >= 0.6 is 0 Å². The Bertz CT molecular complexity index is 607. The molecule has 0 aliphatic heterocycles. The maximum absolute atomic E-state index is 11.5. The fourth-order valence-corrected chi connectivity index (χ4v) is 2.35. The van der Waals surface area contributed by atoms with Gasteiger partial charge in [-0.1, -0.05) is 18.2 Å². The average molecular weight is 274 g/mol. The van der Waals surface area contributed by atoms with Crippen LogP contribution in [0.15, 0.2) is 30.3 Å². The highest BCUT2D eigenvalue weighted by Crippen LogP contribution is 2.28. The first-order chi connectivity index (χ1) is 9.34. The fourth-order valence-electron chi connectivity index (χ4n) is 2.35. The van der Waals surface area contributed by atoms with E-state index in [9.17, 15) is 14.7 Å². The number of nitrogens with one attached hydrogen (secondary N) is 1. The van der Waals surface area contributed by atoms with Crippen LogP contribution in [0.2, 0.25) is 0 Å². The molecule has 0 fully saturated rings. The Morgan fingerprint density at radius 2 is 2.00 bits per heavy atom. The average Bonchev–Trinajstić information content (AvgIpc) is 2.76. The molecule has 1 unspecified atom stereocenters. The zero-order valence-corrected chi connectivity index (χ0v) is 11.8. The molecule has 1 amide bonds. The van der Waals surface area contributed by atoms with E-state index in [1.165, 1.54) is 0 Å². The first-order valence-corrected chi connectivity index (χ1v) is 6.40. The van der Waals surface area contributed by atoms with Gasteiger partial charge in [0.05, 0.1) is 0 Å². The van der Waals surface area contributed by atoms with Gasteiger partial charge in [-0.3, -0.25) is 4.90 Å². The minimum atomic E-state index is -1.12. The Kier molecular flexibility index (Phi) is 3.53. The van der Waals surface area contributed by atoms with Gasteiger partial charge in [0.15, 0.2) is 0 Å². The van der Waals surface area contributed by atoms with Crippen LogP contribution < -0.4 is 0 Å². The van der Waals surface area contributed by atoms with E-state index in [0.717, 1.165) is 15.8 Å². The minimum absolute atomic E-state index is 0.582. The Morgan fingerprint density at radius 1 is 1.35 bits per heavy atom. The van der Waals surface area contributed by atoms with Crippen LogP contribution in [0, 0.1) is 0 Å². The third-order valence-electron chi connectivity index (χ3n) is 3.21. The molecule has 1 aromatic carbocycles. The van der Waals surface area contributed by atoms with Crippen LogP contribution in [0.5, 0.6) is 0 Å². The molecule has 2 rings (SSSR count). The van der Waals surface area contributed by atoms with E-state index >= 15 is 0 Å². The predicted octanol–water partition coefficient (Wildman–Crippen LogP) is 3.19. The highest BCUT2D eigenvalue weighted by atomic mass is 16.4. The molecule has 2 aromatic rings. The molecule has 0 saturated carbocycles. The van der Waals surface area contributed by atoms with E-state index < -0.39 is 17.7 Å². The maximum Gasteiger partial charge on any atom is 0.408 e. The first kappa shape index (κ1) is 14.1. The number of hydrogen-bond acceptors (Lipinski definition) is 2. The standard InChI is InChI=1S/C15H18N2O3/c1-15(2,3)17(14(19)20)13(9-18)12-8-10-6-4-5-7-11(10)16-12/h4-9,13,16H,1-3H3,(H,19,20). The molecule has 2 N–H and O–H groups in total. The molecule has 1 heterocycles. The SMILES string of the molecule is CC(C)(C)N(C(=O)O)C(C=O)c1cc2ccccc2[nH]1. The largest absolute Gasteiger partial charge is 0.465 e. The molecule has 0 bridgehead atoms. The second-order valence-electron chi connectivity index (χ2n) is 5.72. The van der Waals surface area contributed by atoms with Crippen molar-refractivity contribution in [1.29, 1.82) is 0 Å². The van der Waals surface area contributed by atoms with Gasteiger partial charge in [0.1, 0.15) is 12.3 Å². The Hall–Kier alpha value is -2.30. The molecule has 0 aliphatic rings. The van der Waals surface area contributed by atoms with Gasteiger partial charge in [0, 0.05) is 16.7 Å². The van der Waals surface area contributed by atoms with Crippen molar-refractivity contribution in [2.24, 2.45) is 0 Å². The predicted molar refractivity (Wildman–Crippen MR) is 76.7 cm³/mol. The fraction of sp³-hybridized carbons (Fsp3) is 0.333. The third-order valence-corrected chi connectivity index (χ3v) is 3.21. The number of H-pyrrole nitrogens is 1. The Balaban J connectivity index is 2.50.